The highest BCUT2D eigenvalue weighted by Crippen LogP contribution is 2.30. The van der Waals surface area contributed by atoms with Gasteiger partial charge in [-0.15, -0.1) is 0 Å². The normalized spacial score (nSPS) is 18.4. The summed E-state index contributed by atoms with van der Waals surface area (Å²) >= 11 is 6.09. The van der Waals surface area contributed by atoms with Gasteiger partial charge in [-0.25, -0.2) is 4.98 Å². The molecule has 2 aromatic heterocycles. The molecule has 0 spiro atoms. The van der Waals surface area contributed by atoms with E-state index in [0.29, 0.717) is 17.1 Å². The summed E-state index contributed by atoms with van der Waals surface area (Å²) in [4.78, 5) is 13.3. The molecule has 5 rings (SSSR count). The Morgan fingerprint density at radius 2 is 1.97 bits per heavy atom. The van der Waals surface area contributed by atoms with Crippen LogP contribution in [0.15, 0.2) is 36.4 Å². The molecule has 1 aliphatic rings. The molecule has 2 aromatic carbocycles. The van der Waals surface area contributed by atoms with E-state index in [-0.39, 0.29) is 0 Å². The van der Waals surface area contributed by atoms with Crippen molar-refractivity contribution in [2.45, 2.75) is 32.9 Å². The first kappa shape index (κ1) is 18.5. The summed E-state index contributed by atoms with van der Waals surface area (Å²) in [6.45, 7) is 10.1. The van der Waals surface area contributed by atoms with Crippen LogP contribution >= 0.6 is 11.6 Å². The number of anilines is 1. The van der Waals surface area contributed by atoms with E-state index in [9.17, 15) is 0 Å². The van der Waals surface area contributed by atoms with Gasteiger partial charge in [0.25, 0.3) is 0 Å². The molecule has 150 valence electrons. The minimum Gasteiger partial charge on any atom is -0.366 e. The van der Waals surface area contributed by atoms with E-state index in [1.807, 2.05) is 18.2 Å². The van der Waals surface area contributed by atoms with Crippen LogP contribution in [0.2, 0.25) is 5.02 Å². The molecule has 3 heterocycles. The Hall–Kier alpha value is -2.57. The zero-order chi connectivity index (χ0) is 20.1. The number of halogens is 1. The van der Waals surface area contributed by atoms with Gasteiger partial charge in [0.15, 0.2) is 5.82 Å². The van der Waals surface area contributed by atoms with Crippen LogP contribution in [0.5, 0.6) is 0 Å². The lowest BCUT2D eigenvalue weighted by Crippen LogP contribution is -2.53. The highest BCUT2D eigenvalue weighted by atomic mass is 35.5. The molecular weight excluding hydrogens is 384 g/mol. The first-order valence-electron chi connectivity index (χ1n) is 10.1. The van der Waals surface area contributed by atoms with Crippen LogP contribution in [-0.2, 0) is 0 Å². The van der Waals surface area contributed by atoms with Crippen molar-refractivity contribution >= 4 is 39.2 Å². The summed E-state index contributed by atoms with van der Waals surface area (Å²) in [5.74, 6) is 0.767. The zero-order valence-electron chi connectivity index (χ0n) is 16.9. The second-order valence-electron chi connectivity index (χ2n) is 8.18. The first-order chi connectivity index (χ1) is 14.0. The Balaban J connectivity index is 1.47. The Kier molecular flexibility index (Phi) is 4.48. The lowest BCUT2D eigenvalue weighted by atomic mass is 10.1. The predicted molar refractivity (Wildman–Crippen MR) is 120 cm³/mol. The molecule has 4 aromatic rings. The molecule has 29 heavy (non-hydrogen) atoms. The maximum atomic E-state index is 6.09. The lowest BCUT2D eigenvalue weighted by Gasteiger charge is -2.43. The molecule has 0 saturated carbocycles. The van der Waals surface area contributed by atoms with Crippen LogP contribution in [0, 0.1) is 0 Å². The molecule has 0 unspecified atom stereocenters. The number of rotatable bonds is 3. The van der Waals surface area contributed by atoms with Gasteiger partial charge in [0.2, 0.25) is 0 Å². The summed E-state index contributed by atoms with van der Waals surface area (Å²) in [5.41, 5.74) is 4.93. The fraction of sp³-hybridized carbons (Fsp3) is 0.364. The average Bonchev–Trinajstić information content (AvgIpc) is 3.30. The summed E-state index contributed by atoms with van der Waals surface area (Å²) in [7, 11) is 0. The minimum atomic E-state index is 0.478. The predicted octanol–water partition coefficient (Wildman–Crippen LogP) is 4.68. The van der Waals surface area contributed by atoms with Crippen LogP contribution in [0.25, 0.3) is 33.5 Å². The number of hydrogen-bond acceptors (Lipinski definition) is 4. The van der Waals surface area contributed by atoms with E-state index in [1.165, 1.54) is 5.69 Å². The third-order valence-electron chi connectivity index (χ3n) is 5.94. The van der Waals surface area contributed by atoms with Crippen LogP contribution in [0.4, 0.5) is 5.69 Å². The van der Waals surface area contributed by atoms with E-state index in [0.717, 1.165) is 53.1 Å². The monoisotopic (exact) mass is 408 g/mol. The molecule has 7 heteroatoms. The maximum Gasteiger partial charge on any atom is 0.159 e. The molecule has 0 aliphatic carbocycles. The molecule has 1 aliphatic heterocycles. The smallest absolute Gasteiger partial charge is 0.159 e. The fourth-order valence-electron chi connectivity index (χ4n) is 4.30. The summed E-state index contributed by atoms with van der Waals surface area (Å²) in [6, 6.07) is 13.3. The van der Waals surface area contributed by atoms with E-state index in [1.54, 1.807) is 0 Å². The van der Waals surface area contributed by atoms with Gasteiger partial charge >= 0.3 is 0 Å². The molecule has 2 N–H and O–H groups in total. The Bertz CT molecular complexity index is 1180. The van der Waals surface area contributed by atoms with Gasteiger partial charge in [0, 0.05) is 47.8 Å². The molecule has 0 bridgehead atoms. The Morgan fingerprint density at radius 1 is 1.10 bits per heavy atom. The van der Waals surface area contributed by atoms with Gasteiger partial charge in [-0.2, -0.15) is 5.10 Å². The number of aromatic amines is 2. The second kappa shape index (κ2) is 7.04. The van der Waals surface area contributed by atoms with Crippen LogP contribution < -0.4 is 4.90 Å². The Morgan fingerprint density at radius 3 is 2.76 bits per heavy atom. The second-order valence-corrected chi connectivity index (χ2v) is 8.62. The van der Waals surface area contributed by atoms with Crippen molar-refractivity contribution in [1.29, 1.82) is 0 Å². The van der Waals surface area contributed by atoms with Crippen molar-refractivity contribution in [2.24, 2.45) is 0 Å². The number of piperazine rings is 1. The van der Waals surface area contributed by atoms with E-state index in [4.69, 9.17) is 16.6 Å². The van der Waals surface area contributed by atoms with Gasteiger partial charge in [-0.05, 0) is 57.2 Å². The van der Waals surface area contributed by atoms with Gasteiger partial charge in [0.05, 0.1) is 16.6 Å². The fourth-order valence-corrected chi connectivity index (χ4v) is 4.47. The quantitative estimate of drug-likeness (QED) is 0.516. The number of aromatic nitrogens is 4. The largest absolute Gasteiger partial charge is 0.366 e. The topological polar surface area (TPSA) is 63.8 Å². The van der Waals surface area contributed by atoms with Crippen molar-refractivity contribution in [3.8, 4) is 11.5 Å². The van der Waals surface area contributed by atoms with Gasteiger partial charge in [-0.1, -0.05) is 11.6 Å². The number of H-pyrrole nitrogens is 2. The molecule has 1 saturated heterocycles. The van der Waals surface area contributed by atoms with Crippen LogP contribution in [0.3, 0.4) is 0 Å². The third kappa shape index (κ3) is 3.26. The summed E-state index contributed by atoms with van der Waals surface area (Å²) < 4.78 is 0. The Labute approximate surface area is 174 Å². The highest BCUT2D eigenvalue weighted by molar-refractivity contribution is 6.31. The van der Waals surface area contributed by atoms with Gasteiger partial charge in [0.1, 0.15) is 5.69 Å². The highest BCUT2D eigenvalue weighted by Gasteiger charge is 2.25. The van der Waals surface area contributed by atoms with Crippen molar-refractivity contribution in [1.82, 2.24) is 25.1 Å². The summed E-state index contributed by atoms with van der Waals surface area (Å²) in [5, 5.41) is 9.20. The number of benzene rings is 2. The molecule has 0 radical (unpaired) electrons. The maximum absolute atomic E-state index is 6.09. The molecule has 0 amide bonds. The molecule has 1 fully saturated rings. The number of hydrogen-bond donors (Lipinski definition) is 2. The number of imidazole rings is 1. The van der Waals surface area contributed by atoms with Crippen molar-refractivity contribution in [3.05, 3.63) is 41.4 Å². The van der Waals surface area contributed by atoms with Crippen molar-refractivity contribution in [3.63, 3.8) is 0 Å². The van der Waals surface area contributed by atoms with Gasteiger partial charge in [-0.3, -0.25) is 10.00 Å². The molecular formula is C22H25ClN6. The van der Waals surface area contributed by atoms with E-state index in [2.05, 4.69) is 64.0 Å². The SMILES string of the molecule is CC(C)N1CCN(c2ccc3nc(-c4n[nH]c5cc(Cl)ccc45)[nH]c3c2)[C@@H](C)C1. The van der Waals surface area contributed by atoms with Crippen LogP contribution in [-0.4, -0.2) is 56.8 Å². The zero-order valence-corrected chi connectivity index (χ0v) is 17.7. The van der Waals surface area contributed by atoms with E-state index >= 15 is 0 Å². The van der Waals surface area contributed by atoms with E-state index < -0.39 is 0 Å². The third-order valence-corrected chi connectivity index (χ3v) is 6.17. The number of nitrogens with one attached hydrogen (secondary N) is 2. The first-order valence-corrected chi connectivity index (χ1v) is 10.5. The standard InChI is InChI=1S/C22H25ClN6/c1-13(2)28-8-9-29(14(3)12-28)16-5-7-18-20(11-16)25-22(24-18)21-17-6-4-15(23)10-19(17)26-27-21/h4-7,10-11,13-14H,8-9,12H2,1-3H3,(H,24,25)(H,26,27)/t14-/m0/s1. The minimum absolute atomic E-state index is 0.478. The van der Waals surface area contributed by atoms with Crippen molar-refractivity contribution in [2.75, 3.05) is 24.5 Å². The van der Waals surface area contributed by atoms with Crippen molar-refractivity contribution < 1.29 is 0 Å². The summed E-state index contributed by atoms with van der Waals surface area (Å²) in [6.07, 6.45) is 0. The average molecular weight is 409 g/mol. The molecule has 1 atom stereocenters. The number of fused-ring (bicyclic) bond motifs is 2. The molecule has 6 nitrogen and oxygen atoms in total. The van der Waals surface area contributed by atoms with Gasteiger partial charge < -0.3 is 9.88 Å². The number of nitrogens with zero attached hydrogens (tertiary/aromatic N) is 4. The van der Waals surface area contributed by atoms with Crippen LogP contribution in [0.1, 0.15) is 20.8 Å². The lowest BCUT2D eigenvalue weighted by molar-refractivity contribution is 0.185.